The lowest BCUT2D eigenvalue weighted by Gasteiger charge is -2.23. The van der Waals surface area contributed by atoms with Crippen LogP contribution in [-0.4, -0.2) is 22.3 Å². The second kappa shape index (κ2) is 4.82. The summed E-state index contributed by atoms with van der Waals surface area (Å²) in [4.78, 5) is 16.6. The van der Waals surface area contributed by atoms with Crippen LogP contribution in [0.25, 0.3) is 10.9 Å². The van der Waals surface area contributed by atoms with Crippen molar-refractivity contribution in [2.45, 2.75) is 26.0 Å². The first-order valence-corrected chi connectivity index (χ1v) is 6.42. The lowest BCUT2D eigenvalue weighted by atomic mass is 10.1. The number of rotatable bonds is 3. The number of benzene rings is 1. The van der Waals surface area contributed by atoms with Crippen molar-refractivity contribution in [3.63, 3.8) is 0 Å². The molecular formula is C13H15BrN2O2. The van der Waals surface area contributed by atoms with Crippen molar-refractivity contribution in [2.24, 2.45) is 0 Å². The molecule has 1 heterocycles. The fourth-order valence-corrected chi connectivity index (χ4v) is 2.08. The Labute approximate surface area is 114 Å². The summed E-state index contributed by atoms with van der Waals surface area (Å²) in [7, 11) is 1.64. The smallest absolute Gasteiger partial charge is 0.261 e. The van der Waals surface area contributed by atoms with Crippen LogP contribution in [0.4, 0.5) is 0 Å². The van der Waals surface area contributed by atoms with Crippen molar-refractivity contribution in [1.29, 1.82) is 0 Å². The molecular weight excluding hydrogens is 296 g/mol. The van der Waals surface area contributed by atoms with Gasteiger partial charge in [0, 0.05) is 11.6 Å². The Kier molecular flexibility index (Phi) is 3.54. The summed E-state index contributed by atoms with van der Waals surface area (Å²) in [6.45, 7) is 4.34. The van der Waals surface area contributed by atoms with Gasteiger partial charge in [-0.05, 0) is 32.0 Å². The van der Waals surface area contributed by atoms with Gasteiger partial charge in [-0.1, -0.05) is 15.9 Å². The van der Waals surface area contributed by atoms with Gasteiger partial charge in [0.25, 0.3) is 5.56 Å². The van der Waals surface area contributed by atoms with Gasteiger partial charge in [0.15, 0.2) is 0 Å². The molecule has 2 rings (SSSR count). The summed E-state index contributed by atoms with van der Waals surface area (Å²) in [6.07, 6.45) is 1.57. The summed E-state index contributed by atoms with van der Waals surface area (Å²) in [6, 6.07) is 5.49. The molecule has 0 saturated carbocycles. The zero-order chi connectivity index (χ0) is 13.3. The normalized spacial score (nSPS) is 12.0. The number of hydrogen-bond donors (Lipinski definition) is 0. The number of methoxy groups -OCH3 is 1. The van der Waals surface area contributed by atoms with Gasteiger partial charge < -0.3 is 4.74 Å². The van der Waals surface area contributed by atoms with E-state index in [1.165, 1.54) is 0 Å². The van der Waals surface area contributed by atoms with Crippen LogP contribution in [0.15, 0.2) is 33.8 Å². The number of ether oxygens (including phenoxy) is 1. The first-order valence-electron chi connectivity index (χ1n) is 5.63. The van der Waals surface area contributed by atoms with Crippen molar-refractivity contribution in [3.05, 3.63) is 39.4 Å². The van der Waals surface area contributed by atoms with Crippen LogP contribution in [-0.2, 0) is 11.3 Å². The molecule has 0 fully saturated rings. The maximum absolute atomic E-state index is 12.3. The Bertz CT molecular complexity index is 634. The summed E-state index contributed by atoms with van der Waals surface area (Å²) in [5.41, 5.74) is 0.256. The minimum atomic E-state index is -0.398. The highest BCUT2D eigenvalue weighted by Gasteiger charge is 2.18. The van der Waals surface area contributed by atoms with Gasteiger partial charge in [0.2, 0.25) is 0 Å². The van der Waals surface area contributed by atoms with Crippen molar-refractivity contribution >= 4 is 26.8 Å². The SMILES string of the molecule is COC(C)(C)Cn1cnc2ccc(Br)cc2c1=O. The Hall–Kier alpha value is -1.20. The lowest BCUT2D eigenvalue weighted by molar-refractivity contribution is 0.00728. The molecule has 1 aromatic carbocycles. The number of nitrogens with zero attached hydrogens (tertiary/aromatic N) is 2. The molecule has 0 radical (unpaired) electrons. The van der Waals surface area contributed by atoms with Crippen molar-refractivity contribution in [3.8, 4) is 0 Å². The average Bonchev–Trinajstić information content (AvgIpc) is 2.33. The third-order valence-corrected chi connectivity index (χ3v) is 3.38. The van der Waals surface area contributed by atoms with Crippen LogP contribution in [0.2, 0.25) is 0 Å². The summed E-state index contributed by atoms with van der Waals surface area (Å²) in [5.74, 6) is 0. The van der Waals surface area contributed by atoms with Gasteiger partial charge in [-0.15, -0.1) is 0 Å². The minimum absolute atomic E-state index is 0.0496. The van der Waals surface area contributed by atoms with Crippen LogP contribution in [0.3, 0.4) is 0 Å². The van der Waals surface area contributed by atoms with E-state index < -0.39 is 5.60 Å². The topological polar surface area (TPSA) is 44.1 Å². The second-order valence-electron chi connectivity index (χ2n) is 4.80. The molecule has 0 aliphatic heterocycles. The predicted octanol–water partition coefficient (Wildman–Crippen LogP) is 2.58. The third-order valence-electron chi connectivity index (χ3n) is 2.89. The molecule has 0 spiro atoms. The predicted molar refractivity (Wildman–Crippen MR) is 74.8 cm³/mol. The van der Waals surface area contributed by atoms with E-state index in [2.05, 4.69) is 20.9 Å². The highest BCUT2D eigenvalue weighted by atomic mass is 79.9. The minimum Gasteiger partial charge on any atom is -0.377 e. The molecule has 0 N–H and O–H groups in total. The van der Waals surface area contributed by atoms with Crippen LogP contribution in [0.5, 0.6) is 0 Å². The lowest BCUT2D eigenvalue weighted by Crippen LogP contribution is -2.34. The van der Waals surface area contributed by atoms with Crippen LogP contribution in [0, 0.1) is 0 Å². The van der Waals surface area contributed by atoms with Crippen molar-refractivity contribution in [2.75, 3.05) is 7.11 Å². The van der Waals surface area contributed by atoms with E-state index >= 15 is 0 Å². The van der Waals surface area contributed by atoms with Gasteiger partial charge in [0.05, 0.1) is 29.4 Å². The Morgan fingerprint density at radius 3 is 2.83 bits per heavy atom. The third kappa shape index (κ3) is 2.62. The molecule has 0 saturated heterocycles. The van der Waals surface area contributed by atoms with Gasteiger partial charge in [-0.3, -0.25) is 9.36 Å². The molecule has 0 atom stereocenters. The highest BCUT2D eigenvalue weighted by molar-refractivity contribution is 9.10. The molecule has 96 valence electrons. The van der Waals surface area contributed by atoms with Crippen LogP contribution < -0.4 is 5.56 Å². The van der Waals surface area contributed by atoms with Crippen LogP contribution >= 0.6 is 15.9 Å². The van der Waals surface area contributed by atoms with E-state index in [1.807, 2.05) is 26.0 Å². The Morgan fingerprint density at radius 2 is 2.17 bits per heavy atom. The maximum atomic E-state index is 12.3. The van der Waals surface area contributed by atoms with Crippen molar-refractivity contribution in [1.82, 2.24) is 9.55 Å². The average molecular weight is 311 g/mol. The molecule has 0 bridgehead atoms. The molecule has 2 aromatic rings. The highest BCUT2D eigenvalue weighted by Crippen LogP contribution is 2.16. The summed E-state index contributed by atoms with van der Waals surface area (Å²) in [5, 5.41) is 0.610. The van der Waals surface area contributed by atoms with Crippen LogP contribution in [0.1, 0.15) is 13.8 Å². The van der Waals surface area contributed by atoms with Gasteiger partial charge >= 0.3 is 0 Å². The quantitative estimate of drug-likeness (QED) is 0.875. The molecule has 1 aromatic heterocycles. The Morgan fingerprint density at radius 1 is 1.44 bits per heavy atom. The first-order chi connectivity index (χ1) is 8.43. The number of aromatic nitrogens is 2. The largest absolute Gasteiger partial charge is 0.377 e. The molecule has 5 heteroatoms. The zero-order valence-electron chi connectivity index (χ0n) is 10.6. The summed E-state index contributed by atoms with van der Waals surface area (Å²) < 4.78 is 7.79. The molecule has 0 unspecified atom stereocenters. The number of halogens is 1. The van der Waals surface area contributed by atoms with E-state index in [0.29, 0.717) is 17.4 Å². The summed E-state index contributed by atoms with van der Waals surface area (Å²) >= 11 is 3.37. The van der Waals surface area contributed by atoms with E-state index in [4.69, 9.17) is 4.74 Å². The van der Waals surface area contributed by atoms with E-state index in [-0.39, 0.29) is 5.56 Å². The molecule has 18 heavy (non-hydrogen) atoms. The second-order valence-corrected chi connectivity index (χ2v) is 5.72. The fourth-order valence-electron chi connectivity index (χ4n) is 1.72. The van der Waals surface area contributed by atoms with Gasteiger partial charge in [-0.25, -0.2) is 4.98 Å². The first kappa shape index (κ1) is 13.2. The van der Waals surface area contributed by atoms with E-state index in [1.54, 1.807) is 24.1 Å². The standard InChI is InChI=1S/C13H15BrN2O2/c1-13(2,18-3)7-16-8-15-11-5-4-9(14)6-10(11)12(16)17/h4-6,8H,7H2,1-3H3. The number of hydrogen-bond acceptors (Lipinski definition) is 3. The monoisotopic (exact) mass is 310 g/mol. The molecule has 0 aliphatic carbocycles. The van der Waals surface area contributed by atoms with Crippen molar-refractivity contribution < 1.29 is 4.74 Å². The van der Waals surface area contributed by atoms with Gasteiger partial charge in [0.1, 0.15) is 0 Å². The van der Waals surface area contributed by atoms with Gasteiger partial charge in [-0.2, -0.15) is 0 Å². The zero-order valence-corrected chi connectivity index (χ0v) is 12.2. The Balaban J connectivity index is 2.54. The molecule has 4 nitrogen and oxygen atoms in total. The molecule has 0 aliphatic rings. The number of fused-ring (bicyclic) bond motifs is 1. The fraction of sp³-hybridized carbons (Fsp3) is 0.385. The maximum Gasteiger partial charge on any atom is 0.261 e. The van der Waals surface area contributed by atoms with E-state index in [9.17, 15) is 4.79 Å². The van der Waals surface area contributed by atoms with E-state index in [0.717, 1.165) is 4.47 Å². The molecule has 0 amide bonds.